The summed E-state index contributed by atoms with van der Waals surface area (Å²) in [6, 6.07) is 0. The first-order chi connectivity index (χ1) is 3.68. The molecule has 0 aliphatic rings. The summed E-state index contributed by atoms with van der Waals surface area (Å²) in [4.78, 5) is 0. The molecule has 6 heteroatoms. The lowest BCUT2D eigenvalue weighted by Gasteiger charge is -2.06. The van der Waals surface area contributed by atoms with E-state index in [2.05, 4.69) is 12.9 Å². The summed E-state index contributed by atoms with van der Waals surface area (Å²) in [5.74, 6) is 0. The van der Waals surface area contributed by atoms with Crippen LogP contribution < -0.4 is 0 Å². The zero-order chi connectivity index (χ0) is 6.62. The van der Waals surface area contributed by atoms with Crippen molar-refractivity contribution in [2.24, 2.45) is 4.74 Å². The van der Waals surface area contributed by atoms with Crippen molar-refractivity contribution in [1.82, 2.24) is 0 Å². The van der Waals surface area contributed by atoms with Crippen molar-refractivity contribution in [3.8, 4) is 0 Å². The molecule has 0 bridgehead atoms. The fourth-order valence-corrected chi connectivity index (χ4v) is 0.843. The molecule has 0 saturated heterocycles. The standard InChI is InChI=1S/C2H6Cl2NO2P/c1-5-8(2,6-3)7-4/h1-2H3. The van der Waals surface area contributed by atoms with Gasteiger partial charge in [0.1, 0.15) is 0 Å². The number of halogens is 2. The molecule has 8 heavy (non-hydrogen) atoms. The Morgan fingerprint density at radius 1 is 1.38 bits per heavy atom. The van der Waals surface area contributed by atoms with Crippen LogP contribution in [0.3, 0.4) is 0 Å². The van der Waals surface area contributed by atoms with Crippen molar-refractivity contribution in [2.75, 3.05) is 13.7 Å². The first-order valence-electron chi connectivity index (χ1n) is 1.77. The van der Waals surface area contributed by atoms with E-state index in [0.29, 0.717) is 0 Å². The van der Waals surface area contributed by atoms with Crippen molar-refractivity contribution in [3.05, 3.63) is 0 Å². The van der Waals surface area contributed by atoms with E-state index in [9.17, 15) is 0 Å². The SMILES string of the molecule is CN=P(C)(OCl)OCl. The minimum atomic E-state index is -2.26. The Hall–Kier alpha value is 0.730. The number of hydrogen-bond donors (Lipinski definition) is 0. The van der Waals surface area contributed by atoms with E-state index < -0.39 is 7.51 Å². The van der Waals surface area contributed by atoms with Crippen molar-refractivity contribution in [3.63, 3.8) is 0 Å². The summed E-state index contributed by atoms with van der Waals surface area (Å²) < 4.78 is 12.3. The predicted octanol–water partition coefficient (Wildman–Crippen LogP) is 2.62. The Morgan fingerprint density at radius 3 is 1.75 bits per heavy atom. The third-order valence-corrected chi connectivity index (χ3v) is 3.39. The van der Waals surface area contributed by atoms with Crippen LogP contribution in [0.15, 0.2) is 4.74 Å². The third kappa shape index (κ3) is 2.33. The van der Waals surface area contributed by atoms with E-state index in [1.807, 2.05) is 0 Å². The van der Waals surface area contributed by atoms with Gasteiger partial charge in [0.25, 0.3) is 0 Å². The maximum atomic E-state index is 4.96. The molecule has 0 aliphatic carbocycles. The normalized spacial score (nSPS) is 11.5. The molecule has 0 atom stereocenters. The molecule has 0 heterocycles. The van der Waals surface area contributed by atoms with Crippen LogP contribution in [0.1, 0.15) is 0 Å². The van der Waals surface area contributed by atoms with Crippen LogP contribution in [-0.4, -0.2) is 13.7 Å². The fourth-order valence-electron chi connectivity index (χ4n) is 0.0724. The van der Waals surface area contributed by atoms with Gasteiger partial charge < -0.3 is 0 Å². The van der Waals surface area contributed by atoms with E-state index in [-0.39, 0.29) is 0 Å². The van der Waals surface area contributed by atoms with Crippen LogP contribution in [0.2, 0.25) is 0 Å². The molecule has 0 spiro atoms. The molecule has 0 unspecified atom stereocenters. The maximum absolute atomic E-state index is 4.96. The van der Waals surface area contributed by atoms with Gasteiger partial charge in [0.2, 0.25) is 7.51 Å². The van der Waals surface area contributed by atoms with E-state index in [0.717, 1.165) is 0 Å². The Balaban J connectivity index is 4.00. The third-order valence-electron chi connectivity index (χ3n) is 0.619. The molecule has 0 rings (SSSR count). The molecule has 50 valence electrons. The molecule has 0 saturated carbocycles. The molecule has 3 nitrogen and oxygen atoms in total. The highest BCUT2D eigenvalue weighted by Gasteiger charge is 2.10. The Bertz CT molecular complexity index is 109. The van der Waals surface area contributed by atoms with Gasteiger partial charge in [-0.25, -0.2) is 8.15 Å². The Labute approximate surface area is 58.4 Å². The van der Waals surface area contributed by atoms with Gasteiger partial charge in [0, 0.05) is 13.7 Å². The first kappa shape index (κ1) is 8.73. The second kappa shape index (κ2) is 3.70. The quantitative estimate of drug-likeness (QED) is 0.608. The lowest BCUT2D eigenvalue weighted by Crippen LogP contribution is -1.75. The maximum Gasteiger partial charge on any atom is 0.245 e. The van der Waals surface area contributed by atoms with Gasteiger partial charge in [-0.2, -0.15) is 0 Å². The average molecular weight is 178 g/mol. The predicted molar refractivity (Wildman–Crippen MR) is 35.1 cm³/mol. The smallest absolute Gasteiger partial charge is 0.245 e. The van der Waals surface area contributed by atoms with Crippen molar-refractivity contribution < 1.29 is 8.15 Å². The van der Waals surface area contributed by atoms with E-state index >= 15 is 0 Å². The van der Waals surface area contributed by atoms with Gasteiger partial charge in [0.05, 0.1) is 23.7 Å². The zero-order valence-corrected chi connectivity index (χ0v) is 6.87. The second-order valence-corrected chi connectivity index (χ2v) is 4.25. The summed E-state index contributed by atoms with van der Waals surface area (Å²) >= 11 is 9.91. The Morgan fingerprint density at radius 2 is 1.75 bits per heavy atom. The molecule has 0 aromatic heterocycles. The van der Waals surface area contributed by atoms with Gasteiger partial charge in [-0.05, 0) is 0 Å². The number of hydrogen-bond acceptors (Lipinski definition) is 3. The highest BCUT2D eigenvalue weighted by Crippen LogP contribution is 2.49. The van der Waals surface area contributed by atoms with Crippen LogP contribution in [0, 0.1) is 0 Å². The fraction of sp³-hybridized carbons (Fsp3) is 1.00. The largest absolute Gasteiger partial charge is 0.255 e. The molecule has 0 aliphatic heterocycles. The Kier molecular flexibility index (Phi) is 4.04. The second-order valence-electron chi connectivity index (χ2n) is 1.14. The minimum Gasteiger partial charge on any atom is -0.255 e. The van der Waals surface area contributed by atoms with Crippen molar-refractivity contribution >= 4 is 31.2 Å². The zero-order valence-electron chi connectivity index (χ0n) is 4.47. The molecule has 0 fully saturated rings. The van der Waals surface area contributed by atoms with Gasteiger partial charge in [-0.1, -0.05) is 0 Å². The molecule has 0 aromatic carbocycles. The number of rotatable bonds is 2. The molecule has 0 aromatic rings. The average Bonchev–Trinajstić information content (AvgIpc) is 1.87. The molecule has 0 amide bonds. The minimum absolute atomic E-state index is 1.53. The topological polar surface area (TPSA) is 30.8 Å². The van der Waals surface area contributed by atoms with Crippen molar-refractivity contribution in [1.29, 1.82) is 0 Å². The van der Waals surface area contributed by atoms with Gasteiger partial charge in [-0.3, -0.25) is 4.74 Å². The lowest BCUT2D eigenvalue weighted by molar-refractivity contribution is 0.540. The van der Waals surface area contributed by atoms with E-state index in [1.165, 1.54) is 7.05 Å². The highest BCUT2D eigenvalue weighted by molar-refractivity contribution is 7.57. The van der Waals surface area contributed by atoms with Crippen LogP contribution in [-0.2, 0) is 8.15 Å². The van der Waals surface area contributed by atoms with Crippen LogP contribution in [0.4, 0.5) is 0 Å². The van der Waals surface area contributed by atoms with Gasteiger partial charge in [0.15, 0.2) is 0 Å². The van der Waals surface area contributed by atoms with Gasteiger partial charge in [-0.15, -0.1) is 0 Å². The van der Waals surface area contributed by atoms with Crippen LogP contribution in [0.25, 0.3) is 0 Å². The highest BCUT2D eigenvalue weighted by atomic mass is 35.5. The molecular formula is C2H6Cl2NO2P. The summed E-state index contributed by atoms with van der Waals surface area (Å²) in [5.41, 5.74) is 0. The van der Waals surface area contributed by atoms with Crippen LogP contribution >= 0.6 is 31.2 Å². The molecule has 0 radical (unpaired) electrons. The lowest BCUT2D eigenvalue weighted by atomic mass is 11.6. The summed E-state index contributed by atoms with van der Waals surface area (Å²) in [6.45, 7) is 1.59. The van der Waals surface area contributed by atoms with Gasteiger partial charge >= 0.3 is 0 Å². The number of nitrogens with zero attached hydrogens (tertiary/aromatic N) is 1. The monoisotopic (exact) mass is 177 g/mol. The van der Waals surface area contributed by atoms with E-state index in [4.69, 9.17) is 23.7 Å². The summed E-state index contributed by atoms with van der Waals surface area (Å²) in [6.07, 6.45) is 0. The van der Waals surface area contributed by atoms with Crippen molar-refractivity contribution in [2.45, 2.75) is 0 Å². The summed E-state index contributed by atoms with van der Waals surface area (Å²) in [7, 11) is -0.730. The van der Waals surface area contributed by atoms with E-state index in [1.54, 1.807) is 6.66 Å². The molecular weight excluding hydrogens is 172 g/mol. The van der Waals surface area contributed by atoms with Crippen LogP contribution in [0.5, 0.6) is 0 Å². The summed E-state index contributed by atoms with van der Waals surface area (Å²) in [5, 5.41) is 0. The molecule has 0 N–H and O–H groups in total. The first-order valence-corrected chi connectivity index (χ1v) is 4.41.